The van der Waals surface area contributed by atoms with E-state index in [1.807, 2.05) is 45.0 Å². The number of nitrogens with zero attached hydrogens (tertiary/aromatic N) is 2. The number of carbonyl (C=O) groups is 1. The van der Waals surface area contributed by atoms with Crippen LogP contribution in [0.25, 0.3) is 16.6 Å². The Morgan fingerprint density at radius 2 is 1.91 bits per heavy atom. The van der Waals surface area contributed by atoms with Gasteiger partial charge in [-0.05, 0) is 68.5 Å². The Bertz CT molecular complexity index is 1530. The highest BCUT2D eigenvalue weighted by molar-refractivity contribution is 7.88. The summed E-state index contributed by atoms with van der Waals surface area (Å²) in [6.07, 6.45) is 3.35. The number of hydrogen-bond acceptors (Lipinski definition) is 8. The van der Waals surface area contributed by atoms with Crippen molar-refractivity contribution in [3.05, 3.63) is 76.9 Å². The Balaban J connectivity index is 1.30. The zero-order valence-electron chi connectivity index (χ0n) is 25.1. The van der Waals surface area contributed by atoms with E-state index in [9.17, 15) is 17.6 Å². The summed E-state index contributed by atoms with van der Waals surface area (Å²) in [7, 11) is -3.41. The average Bonchev–Trinajstić information content (AvgIpc) is 3.32. The third-order valence-corrected chi connectivity index (χ3v) is 8.87. The van der Waals surface area contributed by atoms with E-state index in [0.717, 1.165) is 37.1 Å². The lowest BCUT2D eigenvalue weighted by atomic mass is 9.96. The highest BCUT2D eigenvalue weighted by Gasteiger charge is 2.24. The maximum atomic E-state index is 14.1. The maximum absolute atomic E-state index is 14.1. The molecule has 6 N–H and O–H groups in total. The predicted octanol–water partition coefficient (Wildman–Crippen LogP) is 3.69. The quantitative estimate of drug-likeness (QED) is 0.130. The van der Waals surface area contributed by atoms with E-state index in [2.05, 4.69) is 14.6 Å². The van der Waals surface area contributed by atoms with Crippen LogP contribution in [0.3, 0.4) is 0 Å². The molecule has 0 aliphatic carbocycles. The van der Waals surface area contributed by atoms with Crippen molar-refractivity contribution >= 4 is 32.6 Å². The zero-order chi connectivity index (χ0) is 31.1. The van der Waals surface area contributed by atoms with Gasteiger partial charge in [0.1, 0.15) is 11.5 Å². The molecule has 0 saturated carbocycles. The second-order valence-corrected chi connectivity index (χ2v) is 13.6. The number of hydrazine groups is 1. The molecule has 0 radical (unpaired) electrons. The number of rotatable bonds is 13. The van der Waals surface area contributed by atoms with Crippen LogP contribution in [0, 0.1) is 24.6 Å². The first-order valence-electron chi connectivity index (χ1n) is 14.6. The van der Waals surface area contributed by atoms with Crippen molar-refractivity contribution in [3.8, 4) is 0 Å². The van der Waals surface area contributed by atoms with Crippen molar-refractivity contribution in [2.75, 3.05) is 39.3 Å². The number of benzene rings is 2. The number of fused-ring (bicyclic) bond motifs is 1. The summed E-state index contributed by atoms with van der Waals surface area (Å²) < 4.78 is 47.2. The van der Waals surface area contributed by atoms with E-state index < -0.39 is 21.8 Å². The molecule has 2 aromatic carbocycles. The summed E-state index contributed by atoms with van der Waals surface area (Å²) in [5.41, 5.74) is 9.62. The largest absolute Gasteiger partial charge is 0.461 e. The minimum atomic E-state index is -3.41. The lowest BCUT2D eigenvalue weighted by Gasteiger charge is -2.33. The normalized spacial score (nSPS) is 15.3. The number of ether oxygens (including phenoxy) is 1. The number of halogens is 1. The second-order valence-electron chi connectivity index (χ2n) is 11.8. The smallest absolute Gasteiger partial charge is 0.355 e. The number of aromatic amines is 1. The van der Waals surface area contributed by atoms with Gasteiger partial charge in [-0.2, -0.15) is 0 Å². The lowest BCUT2D eigenvalue weighted by molar-refractivity contribution is 0.0452. The van der Waals surface area contributed by atoms with Gasteiger partial charge in [0.05, 0.1) is 18.1 Å². The molecule has 1 aromatic heterocycles. The molecule has 1 aliphatic rings. The van der Waals surface area contributed by atoms with Crippen LogP contribution in [-0.2, 0) is 20.5 Å². The molecular formula is C31H43FN6O4S. The average molecular weight is 615 g/mol. The molecule has 1 aliphatic heterocycles. The van der Waals surface area contributed by atoms with Gasteiger partial charge in [-0.25, -0.2) is 28.2 Å². The molecule has 0 unspecified atom stereocenters. The van der Waals surface area contributed by atoms with Crippen molar-refractivity contribution in [1.29, 1.82) is 0 Å². The number of likely N-dealkylation sites (tertiary alicyclic amines) is 1. The molecule has 0 atom stereocenters. The molecule has 234 valence electrons. The number of esters is 1. The summed E-state index contributed by atoms with van der Waals surface area (Å²) >= 11 is 0. The minimum absolute atomic E-state index is 0.0353. The van der Waals surface area contributed by atoms with E-state index in [1.165, 1.54) is 17.1 Å². The number of nitrogens with one attached hydrogen (secondary N) is 2. The highest BCUT2D eigenvalue weighted by Crippen LogP contribution is 2.29. The van der Waals surface area contributed by atoms with Crippen molar-refractivity contribution in [2.24, 2.45) is 23.4 Å². The van der Waals surface area contributed by atoms with E-state index in [1.54, 1.807) is 12.3 Å². The molecule has 0 amide bonds. The Morgan fingerprint density at radius 3 is 2.58 bits per heavy atom. The molecule has 4 rings (SSSR count). The molecule has 0 bridgehead atoms. The standard InChI is InChI=1S/C31H43FN6O4S/c1-21(2)19-42-31(39)30-29(26-16-25(32)8-9-28(26)36-30)27(33)18-38(34)17-23-10-13-37(14-11-23)15-12-35-43(40,41)20-24-6-4-22(3)5-7-24/h4-9,16,18,21,23,35-36H,10-15,17,19-20,33-34H2,1-3H3/b27-18-. The Hall–Kier alpha value is -3.45. The van der Waals surface area contributed by atoms with Crippen molar-refractivity contribution in [2.45, 2.75) is 39.4 Å². The Kier molecular flexibility index (Phi) is 10.8. The molecule has 1 fully saturated rings. The van der Waals surface area contributed by atoms with Gasteiger partial charge in [-0.3, -0.25) is 0 Å². The molecule has 10 nitrogen and oxygen atoms in total. The van der Waals surface area contributed by atoms with Crippen molar-refractivity contribution < 1.29 is 22.3 Å². The number of H-pyrrole nitrogens is 1. The van der Waals surface area contributed by atoms with Gasteiger partial charge >= 0.3 is 5.97 Å². The zero-order valence-corrected chi connectivity index (χ0v) is 25.9. The lowest BCUT2D eigenvalue weighted by Crippen LogP contribution is -2.42. The summed E-state index contributed by atoms with van der Waals surface area (Å²) in [4.78, 5) is 18.1. The van der Waals surface area contributed by atoms with Gasteiger partial charge < -0.3 is 25.4 Å². The summed E-state index contributed by atoms with van der Waals surface area (Å²) in [5, 5.41) is 1.98. The first kappa shape index (κ1) is 32.5. The highest BCUT2D eigenvalue weighted by atomic mass is 32.2. The summed E-state index contributed by atoms with van der Waals surface area (Å²) in [6, 6.07) is 11.7. The number of carbonyl (C=O) groups excluding carboxylic acids is 1. The minimum Gasteiger partial charge on any atom is -0.461 e. The summed E-state index contributed by atoms with van der Waals surface area (Å²) in [6.45, 7) is 9.27. The van der Waals surface area contributed by atoms with E-state index in [0.29, 0.717) is 42.0 Å². The molecule has 3 aromatic rings. The number of aryl methyl sites for hydroxylation is 1. The fourth-order valence-electron chi connectivity index (χ4n) is 5.23. The van der Waals surface area contributed by atoms with Crippen LogP contribution in [0.1, 0.15) is 53.9 Å². The van der Waals surface area contributed by atoms with E-state index in [-0.39, 0.29) is 29.7 Å². The van der Waals surface area contributed by atoms with Gasteiger partial charge in [0.25, 0.3) is 0 Å². The topological polar surface area (TPSA) is 147 Å². The fourth-order valence-corrected chi connectivity index (χ4v) is 6.37. The maximum Gasteiger partial charge on any atom is 0.355 e. The van der Waals surface area contributed by atoms with Crippen molar-refractivity contribution in [1.82, 2.24) is 19.6 Å². The van der Waals surface area contributed by atoms with Crippen LogP contribution in [0.2, 0.25) is 0 Å². The van der Waals surface area contributed by atoms with Gasteiger partial charge in [0.2, 0.25) is 10.0 Å². The fraction of sp³-hybridized carbons (Fsp3) is 0.452. The molecule has 12 heteroatoms. The van der Waals surface area contributed by atoms with Crippen LogP contribution < -0.4 is 16.3 Å². The number of aromatic nitrogens is 1. The van der Waals surface area contributed by atoms with Crippen LogP contribution in [0.4, 0.5) is 4.39 Å². The van der Waals surface area contributed by atoms with E-state index in [4.69, 9.17) is 16.3 Å². The SMILES string of the molecule is Cc1ccc(CS(=O)(=O)NCCN2CCC(CN(N)/C=C(\N)c3c(C(=O)OCC(C)C)[nH]c4ccc(F)cc34)CC2)cc1. The molecule has 2 heterocycles. The van der Waals surface area contributed by atoms with Crippen LogP contribution in [-0.4, -0.2) is 68.6 Å². The number of piperidine rings is 1. The first-order valence-corrected chi connectivity index (χ1v) is 16.3. The Morgan fingerprint density at radius 1 is 1.21 bits per heavy atom. The second kappa shape index (κ2) is 14.3. The Labute approximate surface area is 253 Å². The van der Waals surface area contributed by atoms with Crippen LogP contribution >= 0.6 is 0 Å². The van der Waals surface area contributed by atoms with E-state index >= 15 is 0 Å². The van der Waals surface area contributed by atoms with Crippen LogP contribution in [0.15, 0.2) is 48.7 Å². The number of nitrogens with two attached hydrogens (primary N) is 2. The number of hydrogen-bond donors (Lipinski definition) is 4. The van der Waals surface area contributed by atoms with Gasteiger partial charge in [-0.15, -0.1) is 0 Å². The third-order valence-electron chi connectivity index (χ3n) is 7.51. The van der Waals surface area contributed by atoms with Crippen molar-refractivity contribution in [3.63, 3.8) is 0 Å². The van der Waals surface area contributed by atoms with Crippen LogP contribution in [0.5, 0.6) is 0 Å². The molecular weight excluding hydrogens is 571 g/mol. The third kappa shape index (κ3) is 9.27. The van der Waals surface area contributed by atoms with Gasteiger partial charge in [0, 0.05) is 42.3 Å². The molecule has 1 saturated heterocycles. The molecule has 0 spiro atoms. The van der Waals surface area contributed by atoms with Gasteiger partial charge in [-0.1, -0.05) is 43.7 Å². The summed E-state index contributed by atoms with van der Waals surface area (Å²) in [5.74, 6) is 5.74. The predicted molar refractivity (Wildman–Crippen MR) is 167 cm³/mol. The van der Waals surface area contributed by atoms with Gasteiger partial charge in [0.15, 0.2) is 0 Å². The monoisotopic (exact) mass is 614 g/mol. The first-order chi connectivity index (χ1) is 20.4. The number of sulfonamides is 1. The molecule has 43 heavy (non-hydrogen) atoms.